The van der Waals surface area contributed by atoms with Gasteiger partial charge in [-0.05, 0) is 33.6 Å². The molecule has 7 nitrogen and oxygen atoms in total. The van der Waals surface area contributed by atoms with E-state index in [-0.39, 0.29) is 13.0 Å². The van der Waals surface area contributed by atoms with Crippen LogP contribution >= 0.6 is 0 Å². The molecule has 15 heteroatoms. The Morgan fingerprint density at radius 2 is 1.48 bits per heavy atom. The number of alkyl halides is 7. The van der Waals surface area contributed by atoms with E-state index in [1.807, 2.05) is 0 Å². The van der Waals surface area contributed by atoms with Crippen LogP contribution in [0, 0.1) is 0 Å². The molecule has 0 rings (SSSR count). The molecule has 0 aliphatic carbocycles. The summed E-state index contributed by atoms with van der Waals surface area (Å²) in [5.41, 5.74) is -6.28. The first-order chi connectivity index (χ1) is 13.5. The van der Waals surface area contributed by atoms with Crippen LogP contribution in [-0.2, 0) is 24.4 Å². The maximum Gasteiger partial charge on any atom is 0.431 e. The van der Waals surface area contributed by atoms with E-state index in [2.05, 4.69) is 11.3 Å². The smallest absolute Gasteiger partial charge is 0.431 e. The first-order valence-electron chi connectivity index (χ1n) is 8.52. The zero-order valence-corrected chi connectivity index (χ0v) is 17.5. The van der Waals surface area contributed by atoms with Gasteiger partial charge in [0.25, 0.3) is 0 Å². The summed E-state index contributed by atoms with van der Waals surface area (Å²) in [6.45, 7) is 4.26. The highest BCUT2D eigenvalue weighted by molar-refractivity contribution is 7.87. The van der Waals surface area contributed by atoms with Gasteiger partial charge in [0, 0.05) is 13.0 Å². The molecule has 0 aromatic heterocycles. The summed E-state index contributed by atoms with van der Waals surface area (Å²) in [6, 6.07) is 0. The predicted molar refractivity (Wildman–Crippen MR) is 92.1 cm³/mol. The van der Waals surface area contributed by atoms with Crippen molar-refractivity contribution in [1.29, 1.82) is 0 Å². The van der Waals surface area contributed by atoms with Gasteiger partial charge in [0.2, 0.25) is 0 Å². The minimum absolute atomic E-state index is 0.298. The van der Waals surface area contributed by atoms with Gasteiger partial charge in [0.15, 0.2) is 5.60 Å². The molecule has 0 spiro atoms. The average Bonchev–Trinajstić information content (AvgIpc) is 2.54. The molecule has 0 radical (unpaired) electrons. The summed E-state index contributed by atoms with van der Waals surface area (Å²) in [4.78, 5) is 11.8. The summed E-state index contributed by atoms with van der Waals surface area (Å²) < 4.78 is 130. The normalized spacial score (nSPS) is 16.0. The van der Waals surface area contributed by atoms with E-state index in [0.29, 0.717) is 6.92 Å². The van der Waals surface area contributed by atoms with Crippen LogP contribution in [0.4, 0.5) is 30.7 Å². The lowest BCUT2D eigenvalue weighted by atomic mass is 9.86. The Morgan fingerprint density at radius 1 is 1.00 bits per heavy atom. The monoisotopic (exact) mass is 492 g/mol. The Morgan fingerprint density at radius 3 is 1.90 bits per heavy atom. The lowest BCUT2D eigenvalue weighted by molar-refractivity contribution is -0.305. The number of rotatable bonds is 12. The lowest BCUT2D eigenvalue weighted by Crippen LogP contribution is -2.60. The minimum Gasteiger partial charge on any atom is -0.453 e. The van der Waals surface area contributed by atoms with Crippen molar-refractivity contribution in [1.82, 2.24) is 0 Å². The second-order valence-electron chi connectivity index (χ2n) is 7.28. The molecule has 1 atom stereocenters. The lowest BCUT2D eigenvalue weighted by Gasteiger charge is -2.40. The van der Waals surface area contributed by atoms with Gasteiger partial charge in [0.1, 0.15) is 5.60 Å². The summed E-state index contributed by atoms with van der Waals surface area (Å²) in [6.07, 6.45) is -7.68. The van der Waals surface area contributed by atoms with Gasteiger partial charge >= 0.3 is 33.4 Å². The Hall–Kier alpha value is -1.45. The van der Waals surface area contributed by atoms with Gasteiger partial charge in [0.05, 0.1) is 12.2 Å². The predicted octanol–water partition coefficient (Wildman–Crippen LogP) is 3.48. The number of halogens is 7. The largest absolute Gasteiger partial charge is 0.453 e. The highest BCUT2D eigenvalue weighted by Gasteiger charge is 2.65. The molecule has 0 aliphatic rings. The summed E-state index contributed by atoms with van der Waals surface area (Å²) >= 11 is 0. The van der Waals surface area contributed by atoms with Gasteiger partial charge < -0.3 is 14.6 Å². The van der Waals surface area contributed by atoms with Gasteiger partial charge in [-0.25, -0.2) is 4.79 Å². The molecule has 0 fully saturated rings. The molecule has 1 unspecified atom stereocenters. The number of aliphatic hydroxyl groups is 1. The van der Waals surface area contributed by atoms with E-state index < -0.39 is 69.7 Å². The molecule has 0 heterocycles. The number of unbranched alkanes of at least 4 members (excludes halogenated alkanes) is 1. The number of esters is 1. The highest BCUT2D eigenvalue weighted by atomic mass is 32.2. The van der Waals surface area contributed by atoms with E-state index in [9.17, 15) is 49.1 Å². The molecule has 0 saturated heterocycles. The summed E-state index contributed by atoms with van der Waals surface area (Å²) in [5, 5.41) is 3.95. The zero-order chi connectivity index (χ0) is 25.1. The molecule has 184 valence electrons. The van der Waals surface area contributed by atoms with Crippen LogP contribution in [0.3, 0.4) is 0 Å². The van der Waals surface area contributed by atoms with Crippen molar-refractivity contribution < 1.29 is 63.1 Å². The molecular formula is C16H23F7O7S. The van der Waals surface area contributed by atoms with Crippen LogP contribution in [0.15, 0.2) is 12.2 Å². The zero-order valence-electron chi connectivity index (χ0n) is 16.7. The van der Waals surface area contributed by atoms with E-state index >= 15 is 0 Å². The average molecular weight is 492 g/mol. The van der Waals surface area contributed by atoms with Crippen molar-refractivity contribution in [3.63, 3.8) is 0 Å². The van der Waals surface area contributed by atoms with Gasteiger partial charge in [-0.15, -0.1) is 0 Å². The third-order valence-corrected chi connectivity index (χ3v) is 5.36. The van der Waals surface area contributed by atoms with Crippen LogP contribution in [0.2, 0.25) is 0 Å². The van der Waals surface area contributed by atoms with Crippen LogP contribution in [0.5, 0.6) is 0 Å². The number of carbonyl (C=O) groups is 1. The third kappa shape index (κ3) is 7.02. The Labute approximate surface area is 173 Å². The number of ether oxygens (including phenoxy) is 2. The summed E-state index contributed by atoms with van der Waals surface area (Å²) in [7, 11) is -6.33. The molecule has 2 N–H and O–H groups in total. The topological polar surface area (TPSA) is 110 Å². The number of hydrogen-bond donors (Lipinski definition) is 2. The van der Waals surface area contributed by atoms with E-state index in [1.165, 1.54) is 0 Å². The fraction of sp³-hybridized carbons (Fsp3) is 0.812. The van der Waals surface area contributed by atoms with E-state index in [4.69, 9.17) is 9.29 Å². The molecule has 31 heavy (non-hydrogen) atoms. The molecule has 0 aromatic rings. The quantitative estimate of drug-likeness (QED) is 0.141. The molecule has 0 amide bonds. The molecule has 0 aromatic carbocycles. The van der Waals surface area contributed by atoms with Gasteiger partial charge in [-0.2, -0.15) is 39.2 Å². The van der Waals surface area contributed by atoms with Crippen LogP contribution in [0.1, 0.15) is 40.0 Å². The molecule has 0 bridgehead atoms. The second-order valence-corrected chi connectivity index (χ2v) is 8.74. The van der Waals surface area contributed by atoms with Crippen molar-refractivity contribution in [2.24, 2.45) is 0 Å². The Balaban J connectivity index is 4.56. The number of hydrogen-bond acceptors (Lipinski definition) is 6. The van der Waals surface area contributed by atoms with E-state index in [0.717, 1.165) is 13.8 Å². The van der Waals surface area contributed by atoms with Gasteiger partial charge in [-0.1, -0.05) is 6.58 Å². The van der Waals surface area contributed by atoms with Crippen molar-refractivity contribution >= 4 is 16.1 Å². The minimum atomic E-state index is -6.33. The second kappa shape index (κ2) is 9.58. The van der Waals surface area contributed by atoms with Crippen LogP contribution in [0.25, 0.3) is 0 Å². The van der Waals surface area contributed by atoms with Crippen LogP contribution in [-0.4, -0.2) is 65.8 Å². The van der Waals surface area contributed by atoms with Crippen molar-refractivity contribution in [3.8, 4) is 0 Å². The van der Waals surface area contributed by atoms with Crippen molar-refractivity contribution in [2.45, 2.75) is 68.6 Å². The fourth-order valence-electron chi connectivity index (χ4n) is 1.88. The molecule has 0 aliphatic heterocycles. The molecular weight excluding hydrogens is 469 g/mol. The van der Waals surface area contributed by atoms with Crippen molar-refractivity contribution in [2.75, 3.05) is 13.2 Å². The molecule has 0 saturated carbocycles. The standard InChI is InChI=1S/C16H23F7O7S/c1-10(11(24)30-12(2,3)13(4,25)15(19,20)21)9-29-8-6-5-7-14(17,18)16(22,23)31(26,27)28/h25H,1,5-9H2,2-4H3,(H,26,27,28). The highest BCUT2D eigenvalue weighted by Crippen LogP contribution is 2.42. The third-order valence-electron chi connectivity index (χ3n) is 4.42. The number of carbonyl (C=O) groups excluding carboxylic acids is 1. The summed E-state index contributed by atoms with van der Waals surface area (Å²) in [5.74, 6) is -6.39. The van der Waals surface area contributed by atoms with E-state index in [1.54, 1.807) is 0 Å². The first kappa shape index (κ1) is 29.5. The van der Waals surface area contributed by atoms with Gasteiger partial charge in [-0.3, -0.25) is 4.55 Å². The van der Waals surface area contributed by atoms with Crippen LogP contribution < -0.4 is 0 Å². The van der Waals surface area contributed by atoms with Crippen molar-refractivity contribution in [3.05, 3.63) is 12.2 Å². The maximum absolute atomic E-state index is 13.3. The Kier molecular flexibility index (Phi) is 9.14. The Bertz CT molecular complexity index is 759. The fourth-order valence-corrected chi connectivity index (χ4v) is 2.36. The maximum atomic E-state index is 13.3. The SMILES string of the molecule is C=C(COCCCCC(F)(F)C(F)(F)S(=O)(=O)O)C(=O)OC(C)(C)C(C)(O)C(F)(F)F. The first-order valence-corrected chi connectivity index (χ1v) is 9.96.